The molecule has 0 aliphatic carbocycles. The van der Waals surface area contributed by atoms with Crippen molar-refractivity contribution in [2.24, 2.45) is 0 Å². The molecular formula is C54H29N5. The van der Waals surface area contributed by atoms with Crippen molar-refractivity contribution in [3.8, 4) is 16.8 Å². The number of nitrogens with zero attached hydrogens (tertiary/aromatic N) is 5. The van der Waals surface area contributed by atoms with Crippen LogP contribution in [0.4, 0.5) is 0 Å². The summed E-state index contributed by atoms with van der Waals surface area (Å²) in [4.78, 5) is 11.3. The number of para-hydroxylation sites is 4. The molecule has 0 spiro atoms. The van der Waals surface area contributed by atoms with Gasteiger partial charge in [-0.15, -0.1) is 0 Å². The molecule has 5 heteroatoms. The molecule has 270 valence electrons. The zero-order valence-corrected chi connectivity index (χ0v) is 31.5. The zero-order chi connectivity index (χ0) is 38.1. The molecule has 0 atom stereocenters. The molecule has 0 aliphatic rings. The third-order valence-corrected chi connectivity index (χ3v) is 13.2. The fourth-order valence-electron chi connectivity index (χ4n) is 10.8. The quantitative estimate of drug-likeness (QED) is 0.177. The third kappa shape index (κ3) is 3.63. The van der Waals surface area contributed by atoms with Crippen LogP contribution in [-0.4, -0.2) is 23.3 Å². The van der Waals surface area contributed by atoms with Gasteiger partial charge in [0.05, 0.1) is 33.1 Å². The number of hydrogen-bond donors (Lipinski definition) is 0. The molecule has 0 N–H and O–H groups in total. The minimum Gasteiger partial charge on any atom is -0.309 e. The second kappa shape index (κ2) is 10.5. The Hall–Kier alpha value is -8.02. The smallest absolute Gasteiger partial charge is 0.165 e. The van der Waals surface area contributed by atoms with Gasteiger partial charge in [0.2, 0.25) is 0 Å². The van der Waals surface area contributed by atoms with Crippen LogP contribution in [0.2, 0.25) is 0 Å². The molecule has 0 amide bonds. The third-order valence-electron chi connectivity index (χ3n) is 13.2. The van der Waals surface area contributed by atoms with Crippen molar-refractivity contribution in [3.05, 3.63) is 176 Å². The molecule has 59 heavy (non-hydrogen) atoms. The van der Waals surface area contributed by atoms with Crippen LogP contribution < -0.4 is 0 Å². The van der Waals surface area contributed by atoms with E-state index >= 15 is 0 Å². The fourth-order valence-corrected chi connectivity index (χ4v) is 10.8. The Balaban J connectivity index is 1.10. The Labute approximate surface area is 334 Å². The largest absolute Gasteiger partial charge is 0.309 e. The van der Waals surface area contributed by atoms with E-state index in [0.29, 0.717) is 0 Å². The van der Waals surface area contributed by atoms with Crippen LogP contribution in [-0.2, 0) is 0 Å². The van der Waals surface area contributed by atoms with Gasteiger partial charge in [-0.05, 0) is 75.6 Å². The summed E-state index contributed by atoms with van der Waals surface area (Å²) in [6, 6.07) is 64.4. The number of hydrogen-bond acceptors (Lipinski definition) is 2. The van der Waals surface area contributed by atoms with Crippen LogP contribution in [0.15, 0.2) is 176 Å². The molecule has 6 heterocycles. The van der Waals surface area contributed by atoms with Gasteiger partial charge in [-0.1, -0.05) is 127 Å². The predicted molar refractivity (Wildman–Crippen MR) is 246 cm³/mol. The van der Waals surface area contributed by atoms with E-state index in [2.05, 4.69) is 189 Å². The first-order chi connectivity index (χ1) is 29.3. The standard InChI is InChI=1S/C54H29N5/c1-2-15-34(16-3-1)57-44-23-9-8-18-36(44)41-28-33(24-25-45(41)57)47-35-17-7-6-14-32(35)27-43-38-20-11-22-40-49-54(59(51(38)40)52(43)47)56-48-39-21-10-19-37-42-26-30-12-4-5-13-31(30)29-46(42)58(50(37)39)53(48)55-49/h1-29H. The second-order valence-corrected chi connectivity index (χ2v) is 16.1. The lowest BCUT2D eigenvalue weighted by atomic mass is 9.93. The van der Waals surface area contributed by atoms with E-state index < -0.39 is 0 Å². The van der Waals surface area contributed by atoms with Crippen molar-refractivity contribution in [1.82, 2.24) is 23.3 Å². The summed E-state index contributed by atoms with van der Waals surface area (Å²) in [6.07, 6.45) is 0. The van der Waals surface area contributed by atoms with Crippen LogP contribution in [0.5, 0.6) is 0 Å². The summed E-state index contributed by atoms with van der Waals surface area (Å²) >= 11 is 0. The maximum atomic E-state index is 5.70. The molecule has 0 unspecified atom stereocenters. The first-order valence-corrected chi connectivity index (χ1v) is 20.3. The number of benzene rings is 9. The minimum atomic E-state index is 0.890. The number of rotatable bonds is 2. The van der Waals surface area contributed by atoms with Gasteiger partial charge in [-0.3, -0.25) is 8.80 Å². The lowest BCUT2D eigenvalue weighted by Crippen LogP contribution is -1.94. The Morgan fingerprint density at radius 2 is 0.881 bits per heavy atom. The average molecular weight is 748 g/mol. The summed E-state index contributed by atoms with van der Waals surface area (Å²) in [5, 5.41) is 14.5. The highest BCUT2D eigenvalue weighted by molar-refractivity contribution is 6.29. The summed E-state index contributed by atoms with van der Waals surface area (Å²) in [5.41, 5.74) is 14.3. The van der Waals surface area contributed by atoms with Gasteiger partial charge < -0.3 is 4.57 Å². The van der Waals surface area contributed by atoms with Gasteiger partial charge in [0.1, 0.15) is 11.0 Å². The van der Waals surface area contributed by atoms with Crippen molar-refractivity contribution in [3.63, 3.8) is 0 Å². The maximum absolute atomic E-state index is 5.70. The van der Waals surface area contributed by atoms with Crippen molar-refractivity contribution in [1.29, 1.82) is 0 Å². The highest BCUT2D eigenvalue weighted by atomic mass is 15.1. The Morgan fingerprint density at radius 3 is 1.68 bits per heavy atom. The summed E-state index contributed by atoms with van der Waals surface area (Å²) in [7, 11) is 0. The van der Waals surface area contributed by atoms with E-state index in [-0.39, 0.29) is 0 Å². The van der Waals surface area contributed by atoms with Crippen molar-refractivity contribution >= 4 is 120 Å². The molecule has 6 aromatic heterocycles. The molecule has 9 aromatic carbocycles. The van der Waals surface area contributed by atoms with Crippen molar-refractivity contribution < 1.29 is 0 Å². The molecular weight excluding hydrogens is 719 g/mol. The van der Waals surface area contributed by atoms with Gasteiger partial charge >= 0.3 is 0 Å². The van der Waals surface area contributed by atoms with Gasteiger partial charge in [-0.25, -0.2) is 9.97 Å². The van der Waals surface area contributed by atoms with Gasteiger partial charge in [0.25, 0.3) is 0 Å². The molecule has 0 saturated heterocycles. The van der Waals surface area contributed by atoms with Crippen LogP contribution in [0, 0.1) is 0 Å². The molecule has 5 nitrogen and oxygen atoms in total. The zero-order valence-electron chi connectivity index (χ0n) is 31.5. The minimum absolute atomic E-state index is 0.890. The highest BCUT2D eigenvalue weighted by Crippen LogP contribution is 2.47. The monoisotopic (exact) mass is 747 g/mol. The van der Waals surface area contributed by atoms with Crippen LogP contribution >= 0.6 is 0 Å². The Bertz CT molecular complexity index is 4300. The van der Waals surface area contributed by atoms with E-state index in [9.17, 15) is 0 Å². The maximum Gasteiger partial charge on any atom is 0.165 e. The van der Waals surface area contributed by atoms with Gasteiger partial charge in [0.15, 0.2) is 11.3 Å². The van der Waals surface area contributed by atoms with Crippen molar-refractivity contribution in [2.75, 3.05) is 0 Å². The Kier molecular flexibility index (Phi) is 5.36. The van der Waals surface area contributed by atoms with E-state index in [1.54, 1.807) is 0 Å². The summed E-state index contributed by atoms with van der Waals surface area (Å²) in [5.74, 6) is 0. The van der Waals surface area contributed by atoms with Gasteiger partial charge in [-0.2, -0.15) is 0 Å². The normalized spacial score (nSPS) is 12.7. The van der Waals surface area contributed by atoms with Crippen molar-refractivity contribution in [2.45, 2.75) is 0 Å². The summed E-state index contributed by atoms with van der Waals surface area (Å²) in [6.45, 7) is 0. The second-order valence-electron chi connectivity index (χ2n) is 16.1. The molecule has 0 aliphatic heterocycles. The lowest BCUT2D eigenvalue weighted by Gasteiger charge is -2.12. The van der Waals surface area contributed by atoms with Crippen LogP contribution in [0.3, 0.4) is 0 Å². The topological polar surface area (TPSA) is 39.5 Å². The molecule has 0 fully saturated rings. The first kappa shape index (κ1) is 30.2. The lowest BCUT2D eigenvalue weighted by molar-refractivity contribution is 1.18. The van der Waals surface area contributed by atoms with E-state index in [0.717, 1.165) is 49.8 Å². The number of aromatic nitrogens is 5. The Morgan fingerprint density at radius 1 is 0.322 bits per heavy atom. The number of fused-ring (bicyclic) bond motifs is 17. The van der Waals surface area contributed by atoms with E-state index in [4.69, 9.17) is 9.97 Å². The molecule has 0 bridgehead atoms. The molecule has 0 radical (unpaired) electrons. The summed E-state index contributed by atoms with van der Waals surface area (Å²) < 4.78 is 7.18. The van der Waals surface area contributed by atoms with E-state index in [1.165, 1.54) is 87.1 Å². The molecule has 15 rings (SSSR count). The average Bonchev–Trinajstić information content (AvgIpc) is 4.07. The van der Waals surface area contributed by atoms with Crippen LogP contribution in [0.25, 0.3) is 137 Å². The van der Waals surface area contributed by atoms with Gasteiger partial charge in [0, 0.05) is 54.3 Å². The molecule has 15 aromatic rings. The fraction of sp³-hybridized carbons (Fsp3) is 0. The van der Waals surface area contributed by atoms with E-state index in [1.807, 2.05) is 0 Å². The SMILES string of the molecule is c1ccc(-n2c3ccccc3c3cc(-c4c5ccccc5cc5c6cccc7c8nc9c(nc8n(c45)c67)c4cccc5c6cc7ccccc7cc6n9c54)ccc32)cc1. The van der Waals surface area contributed by atoms with Crippen LogP contribution in [0.1, 0.15) is 0 Å². The first-order valence-electron chi connectivity index (χ1n) is 20.3. The molecule has 0 saturated carbocycles. The highest BCUT2D eigenvalue weighted by Gasteiger charge is 2.27. The predicted octanol–water partition coefficient (Wildman–Crippen LogP) is 13.8.